The summed E-state index contributed by atoms with van der Waals surface area (Å²) >= 11 is 6.41. The molecule has 12 heteroatoms. The van der Waals surface area contributed by atoms with Crippen LogP contribution < -0.4 is 15.8 Å². The minimum Gasteiger partial charge on any atom is -0.469 e. The molecule has 34 heavy (non-hydrogen) atoms. The average Bonchev–Trinajstić information content (AvgIpc) is 3.09. The van der Waals surface area contributed by atoms with E-state index in [1.165, 1.54) is 22.5 Å². The molecule has 0 saturated carbocycles. The summed E-state index contributed by atoms with van der Waals surface area (Å²) in [7, 11) is 1.25. The number of fused-ring (bicyclic) bond motifs is 1. The van der Waals surface area contributed by atoms with Gasteiger partial charge in [0.2, 0.25) is 5.91 Å². The molecule has 2 aliphatic rings. The summed E-state index contributed by atoms with van der Waals surface area (Å²) in [5.74, 6) is -0.998. The zero-order valence-corrected chi connectivity index (χ0v) is 20.5. The van der Waals surface area contributed by atoms with Crippen LogP contribution in [0.4, 0.5) is 5.82 Å². The van der Waals surface area contributed by atoms with Gasteiger partial charge >= 0.3 is 5.97 Å². The molecule has 10 nitrogen and oxygen atoms in total. The lowest BCUT2D eigenvalue weighted by atomic mass is 10.1. The van der Waals surface area contributed by atoms with Gasteiger partial charge in [-0.1, -0.05) is 30.0 Å². The number of nitrogens with zero attached hydrogens (tertiary/aromatic N) is 4. The van der Waals surface area contributed by atoms with Crippen molar-refractivity contribution in [3.05, 3.63) is 44.7 Å². The number of pyridine rings is 1. The van der Waals surface area contributed by atoms with E-state index in [0.717, 1.165) is 17.3 Å². The summed E-state index contributed by atoms with van der Waals surface area (Å²) in [5, 5.41) is 2.75. The van der Waals surface area contributed by atoms with Gasteiger partial charge in [0.05, 0.1) is 24.0 Å². The number of amides is 2. The van der Waals surface area contributed by atoms with Crippen molar-refractivity contribution in [2.45, 2.75) is 26.3 Å². The number of nitrogens with one attached hydrogen (secondary N) is 1. The maximum absolute atomic E-state index is 13.6. The van der Waals surface area contributed by atoms with E-state index in [4.69, 9.17) is 21.9 Å². The van der Waals surface area contributed by atoms with Gasteiger partial charge in [0.15, 0.2) is 0 Å². The van der Waals surface area contributed by atoms with Crippen LogP contribution in [0, 0.1) is 6.92 Å². The molecule has 4 rings (SSSR count). The molecule has 2 aromatic heterocycles. The Morgan fingerprint density at radius 2 is 2.15 bits per heavy atom. The first-order valence-electron chi connectivity index (χ1n) is 10.6. The molecular weight excluding hydrogens is 478 g/mol. The van der Waals surface area contributed by atoms with Crippen LogP contribution in [0.2, 0.25) is 0 Å². The molecule has 0 bridgehead atoms. The third-order valence-electron chi connectivity index (χ3n) is 5.72. The van der Waals surface area contributed by atoms with E-state index >= 15 is 0 Å². The molecule has 4 heterocycles. The van der Waals surface area contributed by atoms with Gasteiger partial charge in [0.1, 0.15) is 21.8 Å². The second-order valence-electron chi connectivity index (χ2n) is 7.75. The highest BCUT2D eigenvalue weighted by Crippen LogP contribution is 2.34. The molecule has 2 aromatic rings. The van der Waals surface area contributed by atoms with Gasteiger partial charge in [-0.3, -0.25) is 28.5 Å². The van der Waals surface area contributed by atoms with E-state index in [9.17, 15) is 19.2 Å². The van der Waals surface area contributed by atoms with E-state index in [-0.39, 0.29) is 29.6 Å². The summed E-state index contributed by atoms with van der Waals surface area (Å²) in [6.45, 7) is 4.68. The van der Waals surface area contributed by atoms with Crippen LogP contribution in [0.15, 0.2) is 28.0 Å². The van der Waals surface area contributed by atoms with Crippen LogP contribution in [-0.4, -0.2) is 69.2 Å². The molecule has 0 unspecified atom stereocenters. The third-order valence-corrected chi connectivity index (χ3v) is 7.10. The first kappa shape index (κ1) is 23.9. The number of esters is 1. The van der Waals surface area contributed by atoms with E-state index < -0.39 is 17.6 Å². The predicted molar refractivity (Wildman–Crippen MR) is 133 cm³/mol. The molecule has 1 atom stereocenters. The minimum absolute atomic E-state index is 0.143. The maximum Gasteiger partial charge on any atom is 0.308 e. The number of likely N-dealkylation sites (N-methyl/N-ethyl adjacent to an activating group) is 1. The number of ether oxygens (including phenoxy) is 1. The molecule has 178 valence electrons. The van der Waals surface area contributed by atoms with Crippen LogP contribution >= 0.6 is 24.0 Å². The van der Waals surface area contributed by atoms with Crippen molar-refractivity contribution in [1.82, 2.24) is 19.6 Å². The Balaban J connectivity index is 1.94. The van der Waals surface area contributed by atoms with Crippen molar-refractivity contribution in [2.24, 2.45) is 0 Å². The third kappa shape index (κ3) is 4.18. The lowest BCUT2D eigenvalue weighted by Gasteiger charge is -2.36. The monoisotopic (exact) mass is 501 g/mol. The van der Waals surface area contributed by atoms with E-state index in [2.05, 4.69) is 5.32 Å². The number of carbonyl (C=O) groups is 3. The summed E-state index contributed by atoms with van der Waals surface area (Å²) in [4.78, 5) is 59.4. The lowest BCUT2D eigenvalue weighted by Crippen LogP contribution is -2.57. The Morgan fingerprint density at radius 1 is 1.38 bits per heavy atom. The fourth-order valence-electron chi connectivity index (χ4n) is 3.96. The number of hydrogen-bond acceptors (Lipinski definition) is 9. The number of rotatable bonds is 5. The quantitative estimate of drug-likeness (QED) is 0.365. The minimum atomic E-state index is -0.920. The second kappa shape index (κ2) is 9.55. The highest BCUT2D eigenvalue weighted by Gasteiger charge is 2.36. The summed E-state index contributed by atoms with van der Waals surface area (Å²) in [6.07, 6.45) is 2.87. The summed E-state index contributed by atoms with van der Waals surface area (Å²) < 4.78 is 6.59. The number of methoxy groups -OCH3 is 1. The Morgan fingerprint density at radius 3 is 2.82 bits per heavy atom. The predicted octanol–water partition coefficient (Wildman–Crippen LogP) is 1.09. The van der Waals surface area contributed by atoms with Gasteiger partial charge < -0.3 is 15.0 Å². The highest BCUT2D eigenvalue weighted by atomic mass is 32.2. The first-order chi connectivity index (χ1) is 16.3. The Labute approximate surface area is 204 Å². The van der Waals surface area contributed by atoms with Gasteiger partial charge in [-0.2, -0.15) is 0 Å². The number of hydrogen-bond donors (Lipinski definition) is 1. The fraction of sp³-hybridized carbons (Fsp3) is 0.364. The first-order valence-corrected chi connectivity index (χ1v) is 11.9. The van der Waals surface area contributed by atoms with Crippen molar-refractivity contribution < 1.29 is 19.1 Å². The average molecular weight is 502 g/mol. The largest absolute Gasteiger partial charge is 0.469 e. The van der Waals surface area contributed by atoms with Gasteiger partial charge in [-0.25, -0.2) is 4.98 Å². The zero-order valence-electron chi connectivity index (χ0n) is 18.9. The van der Waals surface area contributed by atoms with Crippen molar-refractivity contribution >= 4 is 63.6 Å². The second-order valence-corrected chi connectivity index (χ2v) is 9.42. The number of aryl methyl sites for hydroxylation is 1. The lowest BCUT2D eigenvalue weighted by molar-refractivity contribution is -0.143. The molecule has 2 amide bonds. The number of aromatic nitrogens is 2. The smallest absolute Gasteiger partial charge is 0.308 e. The van der Waals surface area contributed by atoms with Crippen molar-refractivity contribution in [3.63, 3.8) is 0 Å². The standard InChI is InChI=1S/C22H23N5O5S2/c1-4-25-21(31)15(34-22(25)33)10-13-18(24-17-12(2)6-5-8-27(17)20(13)30)26-9-7-23-19(29)14(26)11-16(28)32-3/h5-6,8,10,14H,4,7,9,11H2,1-3H3,(H,23,29)/b15-10-/t14-/m1/s1. The van der Waals surface area contributed by atoms with Crippen LogP contribution in [-0.2, 0) is 19.1 Å². The molecule has 0 aromatic carbocycles. The molecule has 0 aliphatic carbocycles. The van der Waals surface area contributed by atoms with Crippen molar-refractivity contribution in [1.29, 1.82) is 0 Å². The zero-order chi connectivity index (χ0) is 24.6. The Kier molecular flexibility index (Phi) is 6.71. The SMILES string of the molecule is CCN1C(=O)/C(=C/c2c(N3CCNC(=O)[C@H]3CC(=O)OC)nc3c(C)cccn3c2=O)SC1=S. The summed E-state index contributed by atoms with van der Waals surface area (Å²) in [6, 6.07) is 2.64. The number of carbonyl (C=O) groups excluding carboxylic acids is 3. The molecule has 2 saturated heterocycles. The van der Waals surface area contributed by atoms with Crippen LogP contribution in [0.3, 0.4) is 0 Å². The number of anilines is 1. The van der Waals surface area contributed by atoms with Crippen molar-refractivity contribution in [3.8, 4) is 0 Å². The molecule has 1 N–H and O–H groups in total. The number of thiocarbonyl (C=S) groups is 1. The molecular formula is C22H23N5O5S2. The normalized spacial score (nSPS) is 19.8. The van der Waals surface area contributed by atoms with Crippen LogP contribution in [0.5, 0.6) is 0 Å². The van der Waals surface area contributed by atoms with Crippen molar-refractivity contribution in [2.75, 3.05) is 31.6 Å². The molecule has 0 spiro atoms. The van der Waals surface area contributed by atoms with E-state index in [0.29, 0.717) is 34.5 Å². The molecule has 2 fully saturated rings. The number of piperazine rings is 1. The Bertz CT molecular complexity index is 1300. The number of thioether (sulfide) groups is 1. The van der Waals surface area contributed by atoms with Crippen LogP contribution in [0.25, 0.3) is 11.7 Å². The Hall–Kier alpha value is -3.25. The van der Waals surface area contributed by atoms with Crippen LogP contribution in [0.1, 0.15) is 24.5 Å². The summed E-state index contributed by atoms with van der Waals surface area (Å²) in [5.41, 5.74) is 0.928. The van der Waals surface area contributed by atoms with Gasteiger partial charge in [0, 0.05) is 25.8 Å². The van der Waals surface area contributed by atoms with E-state index in [1.54, 1.807) is 17.2 Å². The topological polar surface area (TPSA) is 113 Å². The fourth-order valence-corrected chi connectivity index (χ4v) is 5.33. The molecule has 2 aliphatic heterocycles. The highest BCUT2D eigenvalue weighted by molar-refractivity contribution is 8.26. The molecule has 0 radical (unpaired) electrons. The van der Waals surface area contributed by atoms with E-state index in [1.807, 2.05) is 19.9 Å². The van der Waals surface area contributed by atoms with Gasteiger partial charge in [-0.05, 0) is 31.6 Å². The van der Waals surface area contributed by atoms with Gasteiger partial charge in [0.25, 0.3) is 11.5 Å². The maximum atomic E-state index is 13.6. The van der Waals surface area contributed by atoms with Gasteiger partial charge in [-0.15, -0.1) is 0 Å².